The van der Waals surface area contributed by atoms with E-state index >= 15 is 0 Å². The van der Waals surface area contributed by atoms with E-state index in [2.05, 4.69) is 9.88 Å². The van der Waals surface area contributed by atoms with E-state index < -0.39 is 0 Å². The van der Waals surface area contributed by atoms with E-state index in [0.717, 1.165) is 43.2 Å². The number of hydrogen-bond donors (Lipinski definition) is 0. The summed E-state index contributed by atoms with van der Waals surface area (Å²) in [7, 11) is 0. The van der Waals surface area contributed by atoms with Gasteiger partial charge in [0, 0.05) is 30.1 Å². The van der Waals surface area contributed by atoms with Crippen molar-refractivity contribution in [3.63, 3.8) is 0 Å². The molecule has 0 unspecified atom stereocenters. The minimum absolute atomic E-state index is 0.259. The minimum atomic E-state index is -0.341. The number of nitrogens with zero attached hydrogens (tertiary/aromatic N) is 3. The maximum absolute atomic E-state index is 12.5. The molecule has 23 heavy (non-hydrogen) atoms. The molecule has 6 rings (SSSR count). The standard InChI is InChI=1S/C16H17N3O3S/c20-15-19(12-7-13(21-8-12)14-17-3-6-23-14)10-16(22-15)9-18-4-1-11(16)2-5-18/h3,6-8,11H,1-2,4-5,9-10H2/t16-/m1/s1. The van der Waals surface area contributed by atoms with Gasteiger partial charge in [-0.3, -0.25) is 9.80 Å². The molecule has 0 radical (unpaired) electrons. The van der Waals surface area contributed by atoms with E-state index in [1.54, 1.807) is 17.4 Å². The average molecular weight is 331 g/mol. The molecule has 2 aromatic rings. The van der Waals surface area contributed by atoms with E-state index in [9.17, 15) is 4.79 Å². The molecule has 1 amide bonds. The number of fused-ring (bicyclic) bond motifs is 2. The van der Waals surface area contributed by atoms with Crippen molar-refractivity contribution in [1.29, 1.82) is 0 Å². The van der Waals surface area contributed by atoms with Crippen LogP contribution in [0.5, 0.6) is 0 Å². The third-order valence-electron chi connectivity index (χ3n) is 5.30. The number of aromatic nitrogens is 1. The summed E-state index contributed by atoms with van der Waals surface area (Å²) in [6.45, 7) is 3.73. The van der Waals surface area contributed by atoms with Crippen LogP contribution in [0.4, 0.5) is 10.5 Å². The Morgan fingerprint density at radius 3 is 2.87 bits per heavy atom. The van der Waals surface area contributed by atoms with Crippen molar-refractivity contribution in [3.05, 3.63) is 23.9 Å². The summed E-state index contributed by atoms with van der Waals surface area (Å²) in [6, 6.07) is 1.88. The SMILES string of the molecule is O=C1O[C@]2(CN3CCC2CC3)CN1c1coc(-c2nccs2)c1. The van der Waals surface area contributed by atoms with E-state index in [-0.39, 0.29) is 11.7 Å². The Labute approximate surface area is 137 Å². The second kappa shape index (κ2) is 4.82. The minimum Gasteiger partial charge on any atom is -0.460 e. The van der Waals surface area contributed by atoms with Crippen LogP contribution in [0, 0.1) is 5.92 Å². The molecule has 6 heterocycles. The molecule has 4 fully saturated rings. The number of furan rings is 1. The Morgan fingerprint density at radius 2 is 2.17 bits per heavy atom. The van der Waals surface area contributed by atoms with Crippen molar-refractivity contribution >= 4 is 23.1 Å². The molecule has 0 saturated carbocycles. The van der Waals surface area contributed by atoms with Gasteiger partial charge in [-0.25, -0.2) is 9.78 Å². The fraction of sp³-hybridized carbons (Fsp3) is 0.500. The van der Waals surface area contributed by atoms with Gasteiger partial charge in [-0.1, -0.05) is 0 Å². The summed E-state index contributed by atoms with van der Waals surface area (Å²) >= 11 is 1.52. The van der Waals surface area contributed by atoms with Gasteiger partial charge < -0.3 is 9.15 Å². The number of piperidine rings is 3. The lowest BCUT2D eigenvalue weighted by molar-refractivity contribution is -0.0881. The summed E-state index contributed by atoms with van der Waals surface area (Å²) in [4.78, 5) is 20.8. The number of anilines is 1. The second-order valence-corrected chi connectivity index (χ2v) is 7.47. The van der Waals surface area contributed by atoms with Crippen molar-refractivity contribution in [3.8, 4) is 10.8 Å². The molecular weight excluding hydrogens is 314 g/mol. The number of carbonyl (C=O) groups excluding carboxylic acids is 1. The zero-order valence-corrected chi connectivity index (χ0v) is 13.4. The molecule has 0 aliphatic carbocycles. The smallest absolute Gasteiger partial charge is 0.415 e. The molecule has 120 valence electrons. The molecule has 7 heteroatoms. The van der Waals surface area contributed by atoms with Crippen LogP contribution in [-0.2, 0) is 4.74 Å². The van der Waals surface area contributed by atoms with Crippen molar-refractivity contribution in [2.45, 2.75) is 18.4 Å². The molecule has 0 N–H and O–H groups in total. The molecule has 4 aliphatic heterocycles. The van der Waals surface area contributed by atoms with Crippen LogP contribution in [-0.4, -0.2) is 47.8 Å². The van der Waals surface area contributed by atoms with Gasteiger partial charge in [0.25, 0.3) is 0 Å². The van der Waals surface area contributed by atoms with Gasteiger partial charge in [-0.2, -0.15) is 0 Å². The van der Waals surface area contributed by atoms with Crippen LogP contribution >= 0.6 is 11.3 Å². The maximum atomic E-state index is 12.5. The van der Waals surface area contributed by atoms with Crippen molar-refractivity contribution < 1.29 is 13.9 Å². The molecule has 1 spiro atoms. The largest absolute Gasteiger partial charge is 0.460 e. The number of carbonyl (C=O) groups is 1. The average Bonchev–Trinajstić information content (AvgIpc) is 3.28. The van der Waals surface area contributed by atoms with Crippen molar-refractivity contribution in [2.75, 3.05) is 31.1 Å². The Morgan fingerprint density at radius 1 is 1.30 bits per heavy atom. The molecular formula is C16H17N3O3S. The highest BCUT2D eigenvalue weighted by atomic mass is 32.1. The predicted octanol–water partition coefficient (Wildman–Crippen LogP) is 2.82. The predicted molar refractivity (Wildman–Crippen MR) is 85.5 cm³/mol. The molecule has 6 nitrogen and oxygen atoms in total. The van der Waals surface area contributed by atoms with Crippen LogP contribution in [0.2, 0.25) is 0 Å². The van der Waals surface area contributed by atoms with Gasteiger partial charge in [-0.05, 0) is 25.9 Å². The monoisotopic (exact) mass is 331 g/mol. The van der Waals surface area contributed by atoms with E-state index in [0.29, 0.717) is 18.2 Å². The zero-order chi connectivity index (χ0) is 15.4. The van der Waals surface area contributed by atoms with Gasteiger partial charge in [0.1, 0.15) is 11.9 Å². The molecule has 4 saturated heterocycles. The summed E-state index contributed by atoms with van der Waals surface area (Å²) in [5, 5.41) is 2.73. The van der Waals surface area contributed by atoms with Crippen LogP contribution in [0.1, 0.15) is 12.8 Å². The quantitative estimate of drug-likeness (QED) is 0.847. The first-order valence-corrected chi connectivity index (χ1v) is 8.83. The highest BCUT2D eigenvalue weighted by Crippen LogP contribution is 2.43. The maximum Gasteiger partial charge on any atom is 0.415 e. The topological polar surface area (TPSA) is 58.8 Å². The number of ether oxygens (including phenoxy) is 1. The van der Waals surface area contributed by atoms with Crippen molar-refractivity contribution in [2.24, 2.45) is 5.92 Å². The van der Waals surface area contributed by atoms with E-state index in [4.69, 9.17) is 9.15 Å². The first-order chi connectivity index (χ1) is 11.2. The molecule has 2 bridgehead atoms. The lowest BCUT2D eigenvalue weighted by Gasteiger charge is -2.49. The summed E-state index contributed by atoms with van der Waals surface area (Å²) in [5.41, 5.74) is 0.417. The molecule has 0 aromatic carbocycles. The fourth-order valence-corrected chi connectivity index (χ4v) is 4.73. The third kappa shape index (κ3) is 2.03. The Balaban J connectivity index is 1.43. The lowest BCUT2D eigenvalue weighted by atomic mass is 9.75. The highest BCUT2D eigenvalue weighted by Gasteiger charge is 2.55. The van der Waals surface area contributed by atoms with Crippen LogP contribution in [0.25, 0.3) is 10.8 Å². The third-order valence-corrected chi connectivity index (χ3v) is 6.09. The van der Waals surface area contributed by atoms with Gasteiger partial charge in [0.2, 0.25) is 0 Å². The number of thiazole rings is 1. The second-order valence-electron chi connectivity index (χ2n) is 6.58. The normalized spacial score (nSPS) is 32.7. The zero-order valence-electron chi connectivity index (χ0n) is 12.6. The van der Waals surface area contributed by atoms with Crippen LogP contribution in [0.15, 0.2) is 28.3 Å². The summed E-state index contributed by atoms with van der Waals surface area (Å²) in [6.07, 6.45) is 5.35. The summed E-state index contributed by atoms with van der Waals surface area (Å²) < 4.78 is 11.5. The molecule has 4 aliphatic rings. The van der Waals surface area contributed by atoms with Crippen molar-refractivity contribution in [1.82, 2.24) is 9.88 Å². The van der Waals surface area contributed by atoms with Crippen LogP contribution in [0.3, 0.4) is 0 Å². The van der Waals surface area contributed by atoms with Gasteiger partial charge in [0.05, 0.1) is 12.2 Å². The van der Waals surface area contributed by atoms with E-state index in [1.165, 1.54) is 11.3 Å². The number of amides is 1. The van der Waals surface area contributed by atoms with Gasteiger partial charge >= 0.3 is 6.09 Å². The number of hydrogen-bond acceptors (Lipinski definition) is 6. The first kappa shape index (κ1) is 13.6. The highest BCUT2D eigenvalue weighted by molar-refractivity contribution is 7.13. The Bertz CT molecular complexity index is 736. The van der Waals surface area contributed by atoms with Gasteiger partial charge in [-0.15, -0.1) is 11.3 Å². The lowest BCUT2D eigenvalue weighted by Crippen LogP contribution is -2.61. The number of rotatable bonds is 2. The Hall–Kier alpha value is -1.86. The fourth-order valence-electron chi connectivity index (χ4n) is 4.13. The van der Waals surface area contributed by atoms with Crippen LogP contribution < -0.4 is 4.90 Å². The van der Waals surface area contributed by atoms with E-state index in [1.807, 2.05) is 11.4 Å². The van der Waals surface area contributed by atoms with Gasteiger partial charge in [0.15, 0.2) is 10.8 Å². The summed E-state index contributed by atoms with van der Waals surface area (Å²) in [5.74, 6) is 1.17. The molecule has 1 atom stereocenters. The molecule has 2 aromatic heterocycles. The first-order valence-electron chi connectivity index (χ1n) is 7.95. The Kier molecular flexibility index (Phi) is 2.84.